The lowest BCUT2D eigenvalue weighted by Crippen LogP contribution is -2.40. The zero-order valence-electron chi connectivity index (χ0n) is 16.7. The number of benzene rings is 1. The van der Waals surface area contributed by atoms with Gasteiger partial charge in [0, 0.05) is 29.6 Å². The van der Waals surface area contributed by atoms with E-state index in [2.05, 4.69) is 20.5 Å². The predicted molar refractivity (Wildman–Crippen MR) is 117 cm³/mol. The third-order valence-electron chi connectivity index (χ3n) is 5.19. The SMILES string of the molecule is CN=C(NCCCCN1CCC(C(N)=O)CC1)NC(C)c1ccc(Cl)cc1Cl. The molecule has 0 aromatic heterocycles. The van der Waals surface area contributed by atoms with E-state index in [-0.39, 0.29) is 17.9 Å². The Kier molecular flexibility index (Phi) is 9.35. The van der Waals surface area contributed by atoms with Crippen molar-refractivity contribution in [3.05, 3.63) is 33.8 Å². The topological polar surface area (TPSA) is 82.8 Å². The summed E-state index contributed by atoms with van der Waals surface area (Å²) in [5, 5.41) is 7.98. The first-order valence-corrected chi connectivity index (χ1v) is 10.6. The molecule has 28 heavy (non-hydrogen) atoms. The number of aliphatic imine (C=N–C) groups is 1. The number of likely N-dealkylation sites (tertiary alicyclic amines) is 1. The molecule has 1 aliphatic heterocycles. The molecule has 1 atom stereocenters. The summed E-state index contributed by atoms with van der Waals surface area (Å²) in [5.74, 6) is 0.654. The van der Waals surface area contributed by atoms with Crippen LogP contribution in [-0.4, -0.2) is 50.0 Å². The molecule has 1 aliphatic rings. The van der Waals surface area contributed by atoms with E-state index in [1.807, 2.05) is 19.1 Å². The van der Waals surface area contributed by atoms with Crippen molar-refractivity contribution in [1.29, 1.82) is 0 Å². The van der Waals surface area contributed by atoms with Gasteiger partial charge in [0.1, 0.15) is 0 Å². The van der Waals surface area contributed by atoms with Crippen molar-refractivity contribution in [2.45, 2.75) is 38.6 Å². The van der Waals surface area contributed by atoms with Crippen molar-refractivity contribution < 1.29 is 4.79 Å². The molecule has 1 aromatic rings. The Morgan fingerprint density at radius 1 is 1.32 bits per heavy atom. The first kappa shape index (κ1) is 22.8. The van der Waals surface area contributed by atoms with E-state index in [0.717, 1.165) is 63.4 Å². The Morgan fingerprint density at radius 2 is 2.04 bits per heavy atom. The third-order valence-corrected chi connectivity index (χ3v) is 5.75. The van der Waals surface area contributed by atoms with Gasteiger partial charge < -0.3 is 21.3 Å². The van der Waals surface area contributed by atoms with Crippen LogP contribution >= 0.6 is 23.2 Å². The molecule has 1 unspecified atom stereocenters. The summed E-state index contributed by atoms with van der Waals surface area (Å²) in [5.41, 5.74) is 6.36. The first-order chi connectivity index (χ1) is 13.4. The van der Waals surface area contributed by atoms with Gasteiger partial charge in [0.25, 0.3) is 0 Å². The summed E-state index contributed by atoms with van der Waals surface area (Å²) >= 11 is 12.2. The fourth-order valence-electron chi connectivity index (χ4n) is 3.44. The van der Waals surface area contributed by atoms with Crippen LogP contribution in [0.1, 0.15) is 44.2 Å². The van der Waals surface area contributed by atoms with Crippen LogP contribution in [0.4, 0.5) is 0 Å². The van der Waals surface area contributed by atoms with E-state index >= 15 is 0 Å². The minimum atomic E-state index is -0.156. The van der Waals surface area contributed by atoms with Crippen molar-refractivity contribution in [1.82, 2.24) is 15.5 Å². The predicted octanol–water partition coefficient (Wildman–Crippen LogP) is 3.20. The van der Waals surface area contributed by atoms with Crippen LogP contribution in [0.25, 0.3) is 0 Å². The number of hydrogen-bond acceptors (Lipinski definition) is 3. The van der Waals surface area contributed by atoms with Crippen molar-refractivity contribution >= 4 is 35.1 Å². The summed E-state index contributed by atoms with van der Waals surface area (Å²) in [6.07, 6.45) is 3.92. The molecular weight excluding hydrogens is 397 g/mol. The summed E-state index contributed by atoms with van der Waals surface area (Å²) in [6, 6.07) is 5.53. The van der Waals surface area contributed by atoms with Crippen LogP contribution in [0.5, 0.6) is 0 Å². The fraction of sp³-hybridized carbons (Fsp3) is 0.600. The Bertz CT molecular complexity index is 675. The monoisotopic (exact) mass is 427 g/mol. The molecule has 0 spiro atoms. The van der Waals surface area contributed by atoms with Gasteiger partial charge in [-0.15, -0.1) is 0 Å². The Morgan fingerprint density at radius 3 is 2.64 bits per heavy atom. The lowest BCUT2D eigenvalue weighted by atomic mass is 9.96. The number of nitrogens with two attached hydrogens (primary N) is 1. The molecule has 8 heteroatoms. The first-order valence-electron chi connectivity index (χ1n) is 9.84. The number of primary amides is 1. The number of nitrogens with zero attached hydrogens (tertiary/aromatic N) is 2. The molecule has 6 nitrogen and oxygen atoms in total. The minimum Gasteiger partial charge on any atom is -0.369 e. The smallest absolute Gasteiger partial charge is 0.220 e. The molecular formula is C20H31Cl2N5O. The van der Waals surface area contributed by atoms with E-state index in [1.165, 1.54) is 0 Å². The number of halogens is 2. The molecule has 0 aliphatic carbocycles. The molecule has 0 saturated carbocycles. The van der Waals surface area contributed by atoms with Gasteiger partial charge in [-0.25, -0.2) is 0 Å². The van der Waals surface area contributed by atoms with Crippen molar-refractivity contribution in [2.75, 3.05) is 33.2 Å². The van der Waals surface area contributed by atoms with Crippen LogP contribution in [0.3, 0.4) is 0 Å². The molecule has 2 rings (SSSR count). The lowest BCUT2D eigenvalue weighted by Gasteiger charge is -2.30. The van der Waals surface area contributed by atoms with Gasteiger partial charge in [-0.2, -0.15) is 0 Å². The second kappa shape index (κ2) is 11.5. The number of rotatable bonds is 8. The van der Waals surface area contributed by atoms with E-state index in [4.69, 9.17) is 28.9 Å². The normalized spacial score (nSPS) is 17.4. The van der Waals surface area contributed by atoms with Gasteiger partial charge in [0.2, 0.25) is 5.91 Å². The second-order valence-electron chi connectivity index (χ2n) is 7.26. The number of amides is 1. The van der Waals surface area contributed by atoms with Crippen molar-refractivity contribution in [2.24, 2.45) is 16.6 Å². The van der Waals surface area contributed by atoms with Gasteiger partial charge >= 0.3 is 0 Å². The average molecular weight is 428 g/mol. The number of hydrogen-bond donors (Lipinski definition) is 3. The van der Waals surface area contributed by atoms with Crippen molar-refractivity contribution in [3.63, 3.8) is 0 Å². The molecule has 0 radical (unpaired) electrons. The Hall–Kier alpha value is -1.50. The highest BCUT2D eigenvalue weighted by atomic mass is 35.5. The van der Waals surface area contributed by atoms with Gasteiger partial charge in [-0.1, -0.05) is 29.3 Å². The number of carbonyl (C=O) groups excluding carboxylic acids is 1. The summed E-state index contributed by atoms with van der Waals surface area (Å²) < 4.78 is 0. The number of guanidine groups is 1. The summed E-state index contributed by atoms with van der Waals surface area (Å²) in [7, 11) is 1.76. The van der Waals surface area contributed by atoms with Crippen LogP contribution in [0.2, 0.25) is 10.0 Å². The van der Waals surface area contributed by atoms with Crippen LogP contribution in [0.15, 0.2) is 23.2 Å². The van der Waals surface area contributed by atoms with Crippen molar-refractivity contribution in [3.8, 4) is 0 Å². The molecule has 1 fully saturated rings. The molecule has 4 N–H and O–H groups in total. The van der Waals surface area contributed by atoms with Gasteiger partial charge in [-0.3, -0.25) is 9.79 Å². The highest BCUT2D eigenvalue weighted by molar-refractivity contribution is 6.35. The summed E-state index contributed by atoms with van der Waals surface area (Å²) in [6.45, 7) is 5.86. The van der Waals surface area contributed by atoms with E-state index in [1.54, 1.807) is 13.1 Å². The molecule has 0 bridgehead atoms. The Balaban J connectivity index is 1.65. The van der Waals surface area contributed by atoms with E-state index in [9.17, 15) is 4.79 Å². The lowest BCUT2D eigenvalue weighted by molar-refractivity contribution is -0.123. The minimum absolute atomic E-state index is 0.0162. The largest absolute Gasteiger partial charge is 0.369 e. The molecule has 1 amide bonds. The maximum atomic E-state index is 11.2. The standard InChI is InChI=1S/C20H31Cl2N5O/c1-14(17-6-5-16(21)13-18(17)22)26-20(24-2)25-9-3-4-10-27-11-7-15(8-12-27)19(23)28/h5-6,13-15H,3-4,7-12H2,1-2H3,(H2,23,28)(H2,24,25,26). The number of piperidine rings is 1. The van der Waals surface area contributed by atoms with Crippen LogP contribution < -0.4 is 16.4 Å². The molecule has 1 aromatic carbocycles. The average Bonchev–Trinajstić information content (AvgIpc) is 2.67. The molecule has 1 saturated heterocycles. The van der Waals surface area contributed by atoms with E-state index < -0.39 is 0 Å². The Labute approximate surface area is 177 Å². The third kappa shape index (κ3) is 7.15. The van der Waals surface area contributed by atoms with Crippen LogP contribution in [0, 0.1) is 5.92 Å². The fourth-order valence-corrected chi connectivity index (χ4v) is 4.01. The van der Waals surface area contributed by atoms with Crippen LogP contribution in [-0.2, 0) is 4.79 Å². The molecule has 1 heterocycles. The zero-order chi connectivity index (χ0) is 20.5. The van der Waals surface area contributed by atoms with E-state index in [0.29, 0.717) is 10.0 Å². The maximum Gasteiger partial charge on any atom is 0.220 e. The number of carbonyl (C=O) groups is 1. The highest BCUT2D eigenvalue weighted by Crippen LogP contribution is 2.26. The summed E-state index contributed by atoms with van der Waals surface area (Å²) in [4.78, 5) is 17.9. The van der Waals surface area contributed by atoms with Gasteiger partial charge in [0.15, 0.2) is 5.96 Å². The second-order valence-corrected chi connectivity index (χ2v) is 8.10. The quantitative estimate of drug-likeness (QED) is 0.337. The highest BCUT2D eigenvalue weighted by Gasteiger charge is 2.22. The number of unbranched alkanes of at least 4 members (excludes halogenated alkanes) is 1. The molecule has 156 valence electrons. The maximum absolute atomic E-state index is 11.2. The zero-order valence-corrected chi connectivity index (χ0v) is 18.2. The van der Waals surface area contributed by atoms with Gasteiger partial charge in [0.05, 0.1) is 6.04 Å². The van der Waals surface area contributed by atoms with Gasteiger partial charge in [-0.05, 0) is 69.9 Å². The number of nitrogens with one attached hydrogen (secondary N) is 2.